The standard InChI is InChI=1S/C20H26F3N5O2S/c1-11(2)25-18(29)12(3)27-5-7-28(8-6-27)15-9-14(20(21,22)23)17-16(26-15)13(10-31-17)19(30)24-4/h9-12H,5-8H2,1-4H3,(H,24,30)(H,25,29). The highest BCUT2D eigenvalue weighted by Crippen LogP contribution is 2.40. The molecule has 0 aromatic carbocycles. The molecule has 1 aliphatic heterocycles. The fraction of sp³-hybridized carbons (Fsp3) is 0.550. The Labute approximate surface area is 182 Å². The van der Waals surface area contributed by atoms with Crippen LogP contribution >= 0.6 is 11.3 Å². The molecule has 3 rings (SSSR count). The van der Waals surface area contributed by atoms with Crippen LogP contribution in [0.3, 0.4) is 0 Å². The summed E-state index contributed by atoms with van der Waals surface area (Å²) in [5.74, 6) is -0.364. The predicted molar refractivity (Wildman–Crippen MR) is 115 cm³/mol. The zero-order chi connectivity index (χ0) is 22.9. The van der Waals surface area contributed by atoms with E-state index in [4.69, 9.17) is 0 Å². The maximum Gasteiger partial charge on any atom is 0.417 e. The highest BCUT2D eigenvalue weighted by molar-refractivity contribution is 7.17. The minimum atomic E-state index is -4.56. The van der Waals surface area contributed by atoms with Crippen molar-refractivity contribution in [3.8, 4) is 0 Å². The average Bonchev–Trinajstić information content (AvgIpc) is 3.14. The molecule has 0 spiro atoms. The lowest BCUT2D eigenvalue weighted by molar-refractivity contribution is -0.136. The summed E-state index contributed by atoms with van der Waals surface area (Å²) in [5, 5.41) is 6.73. The first-order valence-corrected chi connectivity index (χ1v) is 10.9. The Balaban J connectivity index is 1.86. The van der Waals surface area contributed by atoms with E-state index in [1.54, 1.807) is 4.90 Å². The molecule has 2 amide bonds. The van der Waals surface area contributed by atoms with Crippen molar-refractivity contribution in [2.75, 3.05) is 38.1 Å². The number of pyridine rings is 1. The smallest absolute Gasteiger partial charge is 0.355 e. The summed E-state index contributed by atoms with van der Waals surface area (Å²) < 4.78 is 41.1. The van der Waals surface area contributed by atoms with E-state index in [2.05, 4.69) is 15.6 Å². The van der Waals surface area contributed by atoms with Crippen molar-refractivity contribution in [1.82, 2.24) is 20.5 Å². The number of anilines is 1. The molecule has 2 aromatic heterocycles. The fourth-order valence-electron chi connectivity index (χ4n) is 3.57. The number of thiophene rings is 1. The van der Waals surface area contributed by atoms with Crippen molar-refractivity contribution in [3.05, 3.63) is 22.6 Å². The molecule has 3 heterocycles. The third kappa shape index (κ3) is 4.93. The number of nitrogens with zero attached hydrogens (tertiary/aromatic N) is 3. The van der Waals surface area contributed by atoms with Gasteiger partial charge in [-0.05, 0) is 26.8 Å². The summed E-state index contributed by atoms with van der Waals surface area (Å²) in [7, 11) is 1.43. The van der Waals surface area contributed by atoms with Gasteiger partial charge in [0.05, 0.1) is 27.4 Å². The van der Waals surface area contributed by atoms with Gasteiger partial charge in [0.1, 0.15) is 5.82 Å². The Morgan fingerprint density at radius 2 is 1.81 bits per heavy atom. The van der Waals surface area contributed by atoms with Crippen molar-refractivity contribution in [3.63, 3.8) is 0 Å². The lowest BCUT2D eigenvalue weighted by Gasteiger charge is -2.38. The first-order chi connectivity index (χ1) is 14.5. The van der Waals surface area contributed by atoms with Crippen LogP contribution in [0.15, 0.2) is 11.4 Å². The Kier molecular flexibility index (Phi) is 6.75. The van der Waals surface area contributed by atoms with Crippen molar-refractivity contribution in [2.24, 2.45) is 0 Å². The maximum absolute atomic E-state index is 13.7. The first-order valence-electron chi connectivity index (χ1n) is 10.0. The second-order valence-corrected chi connectivity index (χ2v) is 8.67. The molecular formula is C20H26F3N5O2S. The van der Waals surface area contributed by atoms with Crippen molar-refractivity contribution in [1.29, 1.82) is 0 Å². The van der Waals surface area contributed by atoms with Crippen LogP contribution in [0.4, 0.5) is 19.0 Å². The largest absolute Gasteiger partial charge is 0.417 e. The molecule has 2 N–H and O–H groups in total. The molecule has 7 nitrogen and oxygen atoms in total. The van der Waals surface area contributed by atoms with Crippen LogP contribution in [0.25, 0.3) is 10.2 Å². The molecule has 1 unspecified atom stereocenters. The summed E-state index contributed by atoms with van der Waals surface area (Å²) in [6.45, 7) is 7.48. The zero-order valence-corrected chi connectivity index (χ0v) is 18.7. The van der Waals surface area contributed by atoms with Gasteiger partial charge in [0.2, 0.25) is 5.91 Å². The van der Waals surface area contributed by atoms with Gasteiger partial charge in [-0.15, -0.1) is 11.3 Å². The highest BCUT2D eigenvalue weighted by atomic mass is 32.1. The van der Waals surface area contributed by atoms with E-state index in [1.807, 2.05) is 25.7 Å². The maximum atomic E-state index is 13.7. The molecule has 170 valence electrons. The number of halogens is 3. The van der Waals surface area contributed by atoms with Gasteiger partial charge >= 0.3 is 6.18 Å². The summed E-state index contributed by atoms with van der Waals surface area (Å²) in [6, 6.07) is 0.757. The van der Waals surface area contributed by atoms with Crippen molar-refractivity contribution >= 4 is 39.2 Å². The molecule has 1 fully saturated rings. The first kappa shape index (κ1) is 23.3. The quantitative estimate of drug-likeness (QED) is 0.722. The van der Waals surface area contributed by atoms with E-state index in [-0.39, 0.29) is 39.6 Å². The number of hydrogen-bond donors (Lipinski definition) is 2. The van der Waals surface area contributed by atoms with Gasteiger partial charge in [-0.1, -0.05) is 0 Å². The molecule has 1 saturated heterocycles. The van der Waals surface area contributed by atoms with E-state index < -0.39 is 17.6 Å². The number of aromatic nitrogens is 1. The molecule has 1 aliphatic rings. The molecule has 1 atom stereocenters. The lowest BCUT2D eigenvalue weighted by atomic mass is 10.1. The second-order valence-electron chi connectivity index (χ2n) is 7.79. The van der Waals surface area contributed by atoms with Gasteiger partial charge in [-0.25, -0.2) is 4.98 Å². The average molecular weight is 458 g/mol. The normalized spacial score (nSPS) is 16.6. The number of carbonyl (C=O) groups excluding carboxylic acids is 2. The van der Waals surface area contributed by atoms with Crippen LogP contribution < -0.4 is 15.5 Å². The minimum absolute atomic E-state index is 0.0353. The topological polar surface area (TPSA) is 77.6 Å². The van der Waals surface area contributed by atoms with Gasteiger partial charge in [-0.2, -0.15) is 13.2 Å². The third-order valence-corrected chi connectivity index (χ3v) is 6.29. The SMILES string of the molecule is CNC(=O)c1csc2c(C(F)(F)F)cc(N3CCN(C(C)C(=O)NC(C)C)CC3)nc12. The van der Waals surface area contributed by atoms with E-state index in [0.29, 0.717) is 26.2 Å². The molecule has 0 aliphatic carbocycles. The number of amides is 2. The van der Waals surface area contributed by atoms with E-state index >= 15 is 0 Å². The predicted octanol–water partition coefficient (Wildman–Crippen LogP) is 2.71. The number of hydrogen-bond acceptors (Lipinski definition) is 6. The van der Waals surface area contributed by atoms with Gasteiger partial charge in [-0.3, -0.25) is 14.5 Å². The highest BCUT2D eigenvalue weighted by Gasteiger charge is 2.36. The number of nitrogens with one attached hydrogen (secondary N) is 2. The van der Waals surface area contributed by atoms with Crippen LogP contribution in [-0.4, -0.2) is 67.0 Å². The van der Waals surface area contributed by atoms with E-state index in [0.717, 1.165) is 17.4 Å². The molecular weight excluding hydrogens is 431 g/mol. The minimum Gasteiger partial charge on any atom is -0.355 e. The van der Waals surface area contributed by atoms with Crippen LogP contribution in [0.5, 0.6) is 0 Å². The molecule has 11 heteroatoms. The molecule has 0 bridgehead atoms. The Bertz CT molecular complexity index is 968. The second kappa shape index (κ2) is 8.99. The van der Waals surface area contributed by atoms with Gasteiger partial charge in [0.15, 0.2) is 0 Å². The van der Waals surface area contributed by atoms with Crippen LogP contribution in [0, 0.1) is 0 Å². The van der Waals surface area contributed by atoms with Gasteiger partial charge < -0.3 is 15.5 Å². The zero-order valence-electron chi connectivity index (χ0n) is 17.8. The lowest BCUT2D eigenvalue weighted by Crippen LogP contribution is -2.54. The molecule has 31 heavy (non-hydrogen) atoms. The summed E-state index contributed by atoms with van der Waals surface area (Å²) in [6.07, 6.45) is -4.56. The molecule has 2 aromatic rings. The number of rotatable bonds is 5. The number of alkyl halides is 3. The van der Waals surface area contributed by atoms with Crippen LogP contribution in [0.1, 0.15) is 36.7 Å². The summed E-state index contributed by atoms with van der Waals surface area (Å²) in [5.41, 5.74) is -0.603. The van der Waals surface area contributed by atoms with Crippen LogP contribution in [0.2, 0.25) is 0 Å². The number of fused-ring (bicyclic) bond motifs is 1. The van der Waals surface area contributed by atoms with Crippen LogP contribution in [-0.2, 0) is 11.0 Å². The Morgan fingerprint density at radius 1 is 1.16 bits per heavy atom. The van der Waals surface area contributed by atoms with E-state index in [1.165, 1.54) is 12.4 Å². The third-order valence-electron chi connectivity index (χ3n) is 5.28. The molecule has 0 radical (unpaired) electrons. The Morgan fingerprint density at radius 3 is 2.35 bits per heavy atom. The van der Waals surface area contributed by atoms with Gasteiger partial charge in [0.25, 0.3) is 5.91 Å². The molecule has 0 saturated carbocycles. The number of carbonyl (C=O) groups is 2. The summed E-state index contributed by atoms with van der Waals surface area (Å²) >= 11 is 0.864. The fourth-order valence-corrected chi connectivity index (χ4v) is 4.60. The van der Waals surface area contributed by atoms with Gasteiger partial charge in [0, 0.05) is 44.6 Å². The van der Waals surface area contributed by atoms with Crippen molar-refractivity contribution < 1.29 is 22.8 Å². The van der Waals surface area contributed by atoms with E-state index in [9.17, 15) is 22.8 Å². The number of piperazine rings is 1. The summed E-state index contributed by atoms with van der Waals surface area (Å²) in [4.78, 5) is 32.6. The Hall–Kier alpha value is -2.40. The van der Waals surface area contributed by atoms with Crippen molar-refractivity contribution in [2.45, 2.75) is 39.0 Å². The monoisotopic (exact) mass is 457 g/mol.